The lowest BCUT2D eigenvalue weighted by Crippen LogP contribution is -2.22. The minimum Gasteiger partial charge on any atom is -0.508 e. The van der Waals surface area contributed by atoms with Gasteiger partial charge in [-0.2, -0.15) is 0 Å². The molecule has 0 unspecified atom stereocenters. The molecule has 0 atom stereocenters. The van der Waals surface area contributed by atoms with E-state index in [1.807, 2.05) is 0 Å². The van der Waals surface area contributed by atoms with E-state index in [4.69, 9.17) is 9.94 Å². The van der Waals surface area contributed by atoms with E-state index in [1.54, 1.807) is 30.3 Å². The Morgan fingerprint density at radius 3 is 2.53 bits per heavy atom. The number of carbonyl (C=O) groups is 1. The van der Waals surface area contributed by atoms with Gasteiger partial charge in [0.2, 0.25) is 0 Å². The monoisotopic (exact) mass is 207 g/mol. The maximum atomic E-state index is 11.3. The number of phenols is 1. The van der Waals surface area contributed by atoms with E-state index in [1.165, 1.54) is 20.2 Å². The summed E-state index contributed by atoms with van der Waals surface area (Å²) in [6.45, 7) is 0. The number of hydrogen-bond donors (Lipinski definition) is 1. The number of nitrogens with zero attached hydrogens (tertiary/aromatic N) is 1. The average molecular weight is 207 g/mol. The molecule has 0 aliphatic rings. The molecule has 1 aromatic carbocycles. The Morgan fingerprint density at radius 2 is 2.00 bits per heavy atom. The Morgan fingerprint density at radius 1 is 1.40 bits per heavy atom. The van der Waals surface area contributed by atoms with Crippen molar-refractivity contribution < 1.29 is 14.7 Å². The normalized spacial score (nSPS) is 10.5. The molecule has 4 heteroatoms. The minimum absolute atomic E-state index is 0.201. The number of benzene rings is 1. The zero-order valence-corrected chi connectivity index (χ0v) is 8.68. The molecule has 0 saturated carbocycles. The summed E-state index contributed by atoms with van der Waals surface area (Å²) in [6, 6.07) is 6.55. The van der Waals surface area contributed by atoms with Gasteiger partial charge in [0.05, 0.1) is 7.11 Å². The van der Waals surface area contributed by atoms with Crippen molar-refractivity contribution in [3.63, 3.8) is 0 Å². The third kappa shape index (κ3) is 3.44. The molecule has 0 saturated heterocycles. The number of hydroxylamine groups is 2. The highest BCUT2D eigenvalue weighted by Crippen LogP contribution is 2.10. The first-order valence-corrected chi connectivity index (χ1v) is 4.42. The van der Waals surface area contributed by atoms with Gasteiger partial charge in [-0.1, -0.05) is 12.1 Å². The van der Waals surface area contributed by atoms with Crippen molar-refractivity contribution in [3.05, 3.63) is 35.9 Å². The number of rotatable bonds is 3. The van der Waals surface area contributed by atoms with Gasteiger partial charge in [0.15, 0.2) is 0 Å². The number of hydrogen-bond acceptors (Lipinski definition) is 3. The Bertz CT molecular complexity index is 357. The van der Waals surface area contributed by atoms with E-state index in [-0.39, 0.29) is 11.7 Å². The number of phenolic OH excluding ortho intramolecular Hbond substituents is 1. The SMILES string of the molecule is CON(C)C(=O)C=Cc1ccc(O)cc1. The Kier molecular flexibility index (Phi) is 3.88. The van der Waals surface area contributed by atoms with Crippen LogP contribution in [-0.4, -0.2) is 30.2 Å². The van der Waals surface area contributed by atoms with Crippen LogP contribution in [0.25, 0.3) is 6.08 Å². The molecule has 4 nitrogen and oxygen atoms in total. The fraction of sp³-hybridized carbons (Fsp3) is 0.182. The molecule has 0 radical (unpaired) electrons. The molecular weight excluding hydrogens is 194 g/mol. The van der Waals surface area contributed by atoms with Gasteiger partial charge in [0.25, 0.3) is 5.91 Å². The van der Waals surface area contributed by atoms with Crippen LogP contribution in [0, 0.1) is 0 Å². The van der Waals surface area contributed by atoms with Crippen LogP contribution in [0.15, 0.2) is 30.3 Å². The average Bonchev–Trinajstić information content (AvgIpc) is 2.26. The van der Waals surface area contributed by atoms with Gasteiger partial charge in [-0.25, -0.2) is 5.06 Å². The predicted octanol–water partition coefficient (Wildman–Crippen LogP) is 1.43. The van der Waals surface area contributed by atoms with Gasteiger partial charge < -0.3 is 5.11 Å². The third-order valence-corrected chi connectivity index (χ3v) is 1.90. The molecule has 0 spiro atoms. The maximum Gasteiger partial charge on any atom is 0.269 e. The van der Waals surface area contributed by atoms with Gasteiger partial charge in [0.1, 0.15) is 5.75 Å². The largest absolute Gasteiger partial charge is 0.508 e. The van der Waals surface area contributed by atoms with E-state index in [0.717, 1.165) is 10.6 Å². The zero-order chi connectivity index (χ0) is 11.3. The number of amides is 1. The minimum atomic E-state index is -0.245. The highest BCUT2D eigenvalue weighted by molar-refractivity contribution is 5.90. The summed E-state index contributed by atoms with van der Waals surface area (Å²) in [6.07, 6.45) is 3.05. The van der Waals surface area contributed by atoms with Gasteiger partial charge in [-0.15, -0.1) is 0 Å². The predicted molar refractivity (Wildman–Crippen MR) is 56.9 cm³/mol. The van der Waals surface area contributed by atoms with Crippen molar-refractivity contribution in [2.24, 2.45) is 0 Å². The summed E-state index contributed by atoms with van der Waals surface area (Å²) in [5.41, 5.74) is 0.839. The molecule has 80 valence electrons. The fourth-order valence-electron chi connectivity index (χ4n) is 0.948. The summed E-state index contributed by atoms with van der Waals surface area (Å²) in [5.74, 6) is -0.0435. The van der Waals surface area contributed by atoms with E-state index in [9.17, 15) is 4.79 Å². The van der Waals surface area contributed by atoms with E-state index in [0.29, 0.717) is 0 Å². The second-order valence-corrected chi connectivity index (χ2v) is 2.94. The molecular formula is C11H13NO3. The van der Waals surface area contributed by atoms with Crippen LogP contribution in [0.3, 0.4) is 0 Å². The number of aromatic hydroxyl groups is 1. The molecule has 0 bridgehead atoms. The molecule has 1 aromatic rings. The summed E-state index contributed by atoms with van der Waals surface area (Å²) < 4.78 is 0. The van der Waals surface area contributed by atoms with Gasteiger partial charge in [-0.05, 0) is 23.8 Å². The van der Waals surface area contributed by atoms with E-state index < -0.39 is 0 Å². The summed E-state index contributed by atoms with van der Waals surface area (Å²) in [4.78, 5) is 16.0. The van der Waals surface area contributed by atoms with Crippen molar-refractivity contribution in [1.29, 1.82) is 0 Å². The first-order valence-electron chi connectivity index (χ1n) is 4.42. The van der Waals surface area contributed by atoms with Crippen LogP contribution in [-0.2, 0) is 9.63 Å². The number of carbonyl (C=O) groups excluding carboxylic acids is 1. The Labute approximate surface area is 88.3 Å². The summed E-state index contributed by atoms with van der Waals surface area (Å²) >= 11 is 0. The highest BCUT2D eigenvalue weighted by atomic mass is 16.7. The van der Waals surface area contributed by atoms with Crippen molar-refractivity contribution in [2.45, 2.75) is 0 Å². The molecule has 0 fully saturated rings. The van der Waals surface area contributed by atoms with E-state index >= 15 is 0 Å². The molecule has 0 aromatic heterocycles. The molecule has 0 heterocycles. The van der Waals surface area contributed by atoms with Crippen LogP contribution >= 0.6 is 0 Å². The summed E-state index contributed by atoms with van der Waals surface area (Å²) in [5, 5.41) is 10.2. The Hall–Kier alpha value is -1.81. The van der Waals surface area contributed by atoms with Crippen molar-refractivity contribution in [3.8, 4) is 5.75 Å². The lowest BCUT2D eigenvalue weighted by atomic mass is 10.2. The molecule has 15 heavy (non-hydrogen) atoms. The molecule has 1 rings (SSSR count). The standard InChI is InChI=1S/C11H13NO3/c1-12(15-2)11(14)8-5-9-3-6-10(13)7-4-9/h3-8,13H,1-2H3. The quantitative estimate of drug-likeness (QED) is 0.602. The highest BCUT2D eigenvalue weighted by Gasteiger charge is 2.01. The third-order valence-electron chi connectivity index (χ3n) is 1.90. The smallest absolute Gasteiger partial charge is 0.269 e. The molecule has 0 aliphatic heterocycles. The van der Waals surface area contributed by atoms with Crippen LogP contribution in [0.5, 0.6) is 5.75 Å². The summed E-state index contributed by atoms with van der Waals surface area (Å²) in [7, 11) is 2.95. The van der Waals surface area contributed by atoms with Crippen LogP contribution in [0.2, 0.25) is 0 Å². The molecule has 0 aliphatic carbocycles. The lowest BCUT2D eigenvalue weighted by molar-refractivity contribution is -0.162. The second kappa shape index (κ2) is 5.17. The van der Waals surface area contributed by atoms with Crippen molar-refractivity contribution in [1.82, 2.24) is 5.06 Å². The number of likely N-dealkylation sites (N-methyl/N-ethyl adjacent to an activating group) is 1. The first-order chi connectivity index (χ1) is 7.13. The first kappa shape index (κ1) is 11.3. The van der Waals surface area contributed by atoms with E-state index in [2.05, 4.69) is 0 Å². The molecule has 1 N–H and O–H groups in total. The van der Waals surface area contributed by atoms with Crippen LogP contribution in [0.4, 0.5) is 0 Å². The fourth-order valence-corrected chi connectivity index (χ4v) is 0.948. The topological polar surface area (TPSA) is 49.8 Å². The Balaban J connectivity index is 2.65. The van der Waals surface area contributed by atoms with Gasteiger partial charge >= 0.3 is 0 Å². The van der Waals surface area contributed by atoms with Crippen LogP contribution in [0.1, 0.15) is 5.56 Å². The maximum absolute atomic E-state index is 11.3. The van der Waals surface area contributed by atoms with Crippen molar-refractivity contribution >= 4 is 12.0 Å². The lowest BCUT2D eigenvalue weighted by Gasteiger charge is -2.09. The second-order valence-electron chi connectivity index (χ2n) is 2.94. The molecule has 1 amide bonds. The zero-order valence-electron chi connectivity index (χ0n) is 8.68. The van der Waals surface area contributed by atoms with Gasteiger partial charge in [-0.3, -0.25) is 9.63 Å². The van der Waals surface area contributed by atoms with Crippen LogP contribution < -0.4 is 0 Å². The van der Waals surface area contributed by atoms with Gasteiger partial charge in [0, 0.05) is 13.1 Å². The van der Waals surface area contributed by atoms with Crippen molar-refractivity contribution in [2.75, 3.05) is 14.2 Å².